The molecule has 0 unspecified atom stereocenters. The summed E-state index contributed by atoms with van der Waals surface area (Å²) in [6.45, 7) is 3.81. The van der Waals surface area contributed by atoms with Gasteiger partial charge in [-0.15, -0.1) is 0 Å². The van der Waals surface area contributed by atoms with E-state index in [-0.39, 0.29) is 10.6 Å². The lowest BCUT2D eigenvalue weighted by molar-refractivity contribution is -0.386. The molecule has 0 heterocycles. The molecule has 4 nitrogen and oxygen atoms in total. The molecule has 5 heteroatoms. The Bertz CT molecular complexity index is 391. The average molecular weight is 273 g/mol. The molecular formula is C10H13BrN2O2. The molecule has 0 aromatic heterocycles. The minimum absolute atomic E-state index is 0.128. The van der Waals surface area contributed by atoms with Crippen LogP contribution in [0.15, 0.2) is 22.7 Å². The Morgan fingerprint density at radius 3 is 2.53 bits per heavy atom. The Hall–Kier alpha value is -0.940. The Balaban J connectivity index is 3.35. The van der Waals surface area contributed by atoms with E-state index in [1.54, 1.807) is 19.2 Å². The number of benzene rings is 1. The molecule has 0 saturated carbocycles. The van der Waals surface area contributed by atoms with E-state index in [1.807, 2.05) is 13.8 Å². The van der Waals surface area contributed by atoms with E-state index >= 15 is 0 Å². The summed E-state index contributed by atoms with van der Waals surface area (Å²) >= 11 is 3.23. The predicted molar refractivity (Wildman–Crippen MR) is 62.9 cm³/mol. The van der Waals surface area contributed by atoms with E-state index in [4.69, 9.17) is 0 Å². The van der Waals surface area contributed by atoms with E-state index in [0.29, 0.717) is 10.0 Å². The van der Waals surface area contributed by atoms with Gasteiger partial charge in [0.25, 0.3) is 5.69 Å². The summed E-state index contributed by atoms with van der Waals surface area (Å²) in [5, 5.41) is 13.9. The van der Waals surface area contributed by atoms with E-state index in [2.05, 4.69) is 21.2 Å². The fourth-order valence-electron chi connectivity index (χ4n) is 1.32. The highest BCUT2D eigenvalue weighted by atomic mass is 79.9. The second-order valence-corrected chi connectivity index (χ2v) is 4.71. The molecule has 0 radical (unpaired) electrons. The van der Waals surface area contributed by atoms with Gasteiger partial charge in [0.2, 0.25) is 0 Å². The van der Waals surface area contributed by atoms with Gasteiger partial charge in [-0.05, 0) is 33.0 Å². The van der Waals surface area contributed by atoms with Crippen molar-refractivity contribution in [3.63, 3.8) is 0 Å². The summed E-state index contributed by atoms with van der Waals surface area (Å²) in [6.07, 6.45) is 0. The van der Waals surface area contributed by atoms with Crippen LogP contribution in [0.3, 0.4) is 0 Å². The van der Waals surface area contributed by atoms with Crippen molar-refractivity contribution < 1.29 is 4.92 Å². The summed E-state index contributed by atoms with van der Waals surface area (Å²) in [6, 6.07) is 5.09. The van der Waals surface area contributed by atoms with E-state index < -0.39 is 5.54 Å². The maximum Gasteiger partial charge on any atom is 0.275 e. The predicted octanol–water partition coefficient (Wildman–Crippen LogP) is 2.81. The molecule has 0 fully saturated rings. The van der Waals surface area contributed by atoms with Gasteiger partial charge in [0.15, 0.2) is 0 Å². The Kier molecular flexibility index (Phi) is 3.46. The lowest BCUT2D eigenvalue weighted by Gasteiger charge is -2.24. The highest BCUT2D eigenvalue weighted by molar-refractivity contribution is 9.10. The first kappa shape index (κ1) is 12.1. The van der Waals surface area contributed by atoms with Crippen LogP contribution in [0.2, 0.25) is 0 Å². The number of rotatable bonds is 3. The van der Waals surface area contributed by atoms with Crippen LogP contribution < -0.4 is 5.32 Å². The molecule has 1 rings (SSSR count). The number of hydrogen-bond donors (Lipinski definition) is 1. The third-order valence-corrected chi connectivity index (χ3v) is 2.95. The van der Waals surface area contributed by atoms with Crippen molar-refractivity contribution in [1.29, 1.82) is 0 Å². The molecule has 15 heavy (non-hydrogen) atoms. The Morgan fingerprint density at radius 2 is 2.07 bits per heavy atom. The normalized spacial score (nSPS) is 11.5. The molecule has 0 amide bonds. The highest BCUT2D eigenvalue weighted by Gasteiger charge is 2.27. The van der Waals surface area contributed by atoms with Crippen molar-refractivity contribution >= 4 is 21.6 Å². The van der Waals surface area contributed by atoms with Gasteiger partial charge in [-0.2, -0.15) is 0 Å². The van der Waals surface area contributed by atoms with Crippen molar-refractivity contribution in [1.82, 2.24) is 5.32 Å². The molecule has 0 aliphatic carbocycles. The molecule has 0 spiro atoms. The lowest BCUT2D eigenvalue weighted by atomic mass is 9.93. The monoisotopic (exact) mass is 272 g/mol. The van der Waals surface area contributed by atoms with Gasteiger partial charge in [-0.1, -0.05) is 15.9 Å². The first-order chi connectivity index (χ1) is 6.88. The number of nitrogens with one attached hydrogen (secondary N) is 1. The van der Waals surface area contributed by atoms with Gasteiger partial charge in [-0.25, -0.2) is 0 Å². The molecule has 1 N–H and O–H groups in total. The number of nitrogens with zero attached hydrogens (tertiary/aromatic N) is 1. The standard InChI is InChI=1S/C10H13BrN2O2/c1-10(2,12-3)8-5-4-7(11)6-9(8)13(14)15/h4-6,12H,1-3H3. The smallest absolute Gasteiger partial charge is 0.275 e. The van der Waals surface area contributed by atoms with Crippen LogP contribution in [-0.2, 0) is 5.54 Å². The van der Waals surface area contributed by atoms with Gasteiger partial charge in [0.05, 0.1) is 4.92 Å². The fraction of sp³-hybridized carbons (Fsp3) is 0.400. The van der Waals surface area contributed by atoms with Crippen LogP contribution >= 0.6 is 15.9 Å². The molecule has 1 aromatic rings. The van der Waals surface area contributed by atoms with Crippen LogP contribution in [0.1, 0.15) is 19.4 Å². The first-order valence-corrected chi connectivity index (χ1v) is 5.31. The zero-order chi connectivity index (χ0) is 11.6. The molecule has 0 aliphatic heterocycles. The zero-order valence-corrected chi connectivity index (χ0v) is 10.5. The van der Waals surface area contributed by atoms with Crippen molar-refractivity contribution in [3.8, 4) is 0 Å². The topological polar surface area (TPSA) is 55.2 Å². The van der Waals surface area contributed by atoms with Gasteiger partial charge < -0.3 is 5.32 Å². The van der Waals surface area contributed by atoms with E-state index in [0.717, 1.165) is 0 Å². The third-order valence-electron chi connectivity index (χ3n) is 2.45. The van der Waals surface area contributed by atoms with Crippen molar-refractivity contribution in [2.75, 3.05) is 7.05 Å². The SMILES string of the molecule is CNC(C)(C)c1ccc(Br)cc1[N+](=O)[O-]. The fourth-order valence-corrected chi connectivity index (χ4v) is 1.67. The minimum Gasteiger partial charge on any atom is -0.311 e. The molecule has 1 aromatic carbocycles. The zero-order valence-electron chi connectivity index (χ0n) is 8.87. The quantitative estimate of drug-likeness (QED) is 0.680. The number of hydrogen-bond acceptors (Lipinski definition) is 3. The second-order valence-electron chi connectivity index (χ2n) is 3.79. The average Bonchev–Trinajstić information content (AvgIpc) is 2.17. The summed E-state index contributed by atoms with van der Waals surface area (Å²) < 4.78 is 0.713. The van der Waals surface area contributed by atoms with Crippen LogP contribution in [-0.4, -0.2) is 12.0 Å². The van der Waals surface area contributed by atoms with Gasteiger partial charge in [0, 0.05) is 21.6 Å². The first-order valence-electron chi connectivity index (χ1n) is 4.52. The van der Waals surface area contributed by atoms with Gasteiger partial charge >= 0.3 is 0 Å². The van der Waals surface area contributed by atoms with E-state index in [1.165, 1.54) is 6.07 Å². The highest BCUT2D eigenvalue weighted by Crippen LogP contribution is 2.31. The molecule has 82 valence electrons. The van der Waals surface area contributed by atoms with Gasteiger partial charge in [-0.3, -0.25) is 10.1 Å². The van der Waals surface area contributed by atoms with Crippen molar-refractivity contribution in [2.45, 2.75) is 19.4 Å². The summed E-state index contributed by atoms with van der Waals surface area (Å²) in [5.74, 6) is 0. The maximum absolute atomic E-state index is 10.9. The number of nitro groups is 1. The van der Waals surface area contributed by atoms with Crippen LogP contribution in [0.5, 0.6) is 0 Å². The van der Waals surface area contributed by atoms with Crippen molar-refractivity contribution in [2.24, 2.45) is 0 Å². The summed E-state index contributed by atoms with van der Waals surface area (Å²) in [4.78, 5) is 10.5. The van der Waals surface area contributed by atoms with Crippen LogP contribution in [0, 0.1) is 10.1 Å². The minimum atomic E-state index is -0.414. The Labute approximate surface area is 97.0 Å². The largest absolute Gasteiger partial charge is 0.311 e. The maximum atomic E-state index is 10.9. The van der Waals surface area contributed by atoms with Gasteiger partial charge in [0.1, 0.15) is 0 Å². The van der Waals surface area contributed by atoms with E-state index in [9.17, 15) is 10.1 Å². The molecule has 0 saturated heterocycles. The number of nitro benzene ring substituents is 1. The van der Waals surface area contributed by atoms with Crippen LogP contribution in [0.4, 0.5) is 5.69 Å². The molecule has 0 bridgehead atoms. The molecule has 0 aliphatic rings. The number of halogens is 1. The molecular weight excluding hydrogens is 260 g/mol. The van der Waals surface area contributed by atoms with Crippen LogP contribution in [0.25, 0.3) is 0 Å². The second kappa shape index (κ2) is 4.28. The lowest BCUT2D eigenvalue weighted by Crippen LogP contribution is -2.33. The summed E-state index contributed by atoms with van der Waals surface area (Å²) in [5.41, 5.74) is 0.394. The Morgan fingerprint density at radius 1 is 1.47 bits per heavy atom. The van der Waals surface area contributed by atoms with Crippen molar-refractivity contribution in [3.05, 3.63) is 38.3 Å². The third kappa shape index (κ3) is 2.54. The molecule has 0 atom stereocenters. The summed E-state index contributed by atoms with van der Waals surface area (Å²) in [7, 11) is 1.78.